The Hall–Kier alpha value is -2.59. The lowest BCUT2D eigenvalue weighted by atomic mass is 10.1. The van der Waals surface area contributed by atoms with E-state index in [0.29, 0.717) is 18.5 Å². The molecule has 0 spiro atoms. The lowest BCUT2D eigenvalue weighted by Gasteiger charge is -2.19. The molecular formula is C17H17F2N5. The fraction of sp³-hybridized carbons (Fsp3) is 0.353. The number of hydrogen-bond acceptors (Lipinski definition) is 5. The number of rotatable bonds is 4. The average molecular weight is 329 g/mol. The van der Waals surface area contributed by atoms with Crippen LogP contribution in [0.15, 0.2) is 24.4 Å². The topological polar surface area (TPSA) is 64.8 Å². The minimum Gasteiger partial charge on any atom is -0.353 e. The Morgan fingerprint density at radius 2 is 2.21 bits per heavy atom. The van der Waals surface area contributed by atoms with Gasteiger partial charge in [0.25, 0.3) is 0 Å². The van der Waals surface area contributed by atoms with Gasteiger partial charge in [0.15, 0.2) is 5.69 Å². The molecular weight excluding hydrogens is 312 g/mol. The molecule has 1 aromatic carbocycles. The molecule has 7 heteroatoms. The van der Waals surface area contributed by atoms with Gasteiger partial charge in [-0.15, -0.1) is 0 Å². The Morgan fingerprint density at radius 1 is 1.38 bits per heavy atom. The summed E-state index contributed by atoms with van der Waals surface area (Å²) in [5.41, 5.74) is 0.409. The summed E-state index contributed by atoms with van der Waals surface area (Å²) in [5.74, 6) is -1.09. The number of benzene rings is 1. The number of nitrogens with one attached hydrogen (secondary N) is 1. The summed E-state index contributed by atoms with van der Waals surface area (Å²) in [4.78, 5) is 10.6. The van der Waals surface area contributed by atoms with Crippen molar-refractivity contribution < 1.29 is 8.78 Å². The van der Waals surface area contributed by atoms with Gasteiger partial charge in [0.05, 0.1) is 0 Å². The van der Waals surface area contributed by atoms with Crippen LogP contribution in [0.3, 0.4) is 0 Å². The highest BCUT2D eigenvalue weighted by Crippen LogP contribution is 2.26. The van der Waals surface area contributed by atoms with E-state index < -0.39 is 11.6 Å². The molecule has 1 aliphatic rings. The standard InChI is InChI=1S/C17H17F2N5/c1-24-6-2-3-12(24)9-21-17-22-10-14(16(8-20)23-17)13-5-4-11(18)7-15(13)19/h4-5,7,10,12H,2-3,6,9H2,1H3,(H,21,22,23). The first-order valence-electron chi connectivity index (χ1n) is 7.75. The van der Waals surface area contributed by atoms with E-state index in [9.17, 15) is 14.0 Å². The Kier molecular flexibility index (Phi) is 4.67. The Labute approximate surface area is 139 Å². The van der Waals surface area contributed by atoms with Crippen LogP contribution in [0.2, 0.25) is 0 Å². The minimum absolute atomic E-state index is 0.0535. The van der Waals surface area contributed by atoms with E-state index in [1.54, 1.807) is 0 Å². The molecule has 1 unspecified atom stereocenters. The number of aromatic nitrogens is 2. The summed E-state index contributed by atoms with van der Waals surface area (Å²) in [5, 5.41) is 12.4. The molecule has 0 aliphatic carbocycles. The van der Waals surface area contributed by atoms with E-state index in [1.165, 1.54) is 12.3 Å². The normalized spacial score (nSPS) is 17.7. The van der Waals surface area contributed by atoms with Crippen LogP contribution < -0.4 is 5.32 Å². The van der Waals surface area contributed by atoms with Crippen LogP contribution in [0.4, 0.5) is 14.7 Å². The van der Waals surface area contributed by atoms with Crippen LogP contribution in [-0.4, -0.2) is 41.0 Å². The van der Waals surface area contributed by atoms with Crippen LogP contribution >= 0.6 is 0 Å². The Morgan fingerprint density at radius 3 is 2.88 bits per heavy atom. The van der Waals surface area contributed by atoms with Crippen LogP contribution in [0.25, 0.3) is 11.1 Å². The lowest BCUT2D eigenvalue weighted by molar-refractivity contribution is 0.322. The molecule has 0 amide bonds. The second kappa shape index (κ2) is 6.89. The highest BCUT2D eigenvalue weighted by molar-refractivity contribution is 5.69. The zero-order valence-corrected chi connectivity index (χ0v) is 13.3. The van der Waals surface area contributed by atoms with E-state index in [-0.39, 0.29) is 16.8 Å². The van der Waals surface area contributed by atoms with Gasteiger partial charge in [-0.3, -0.25) is 0 Å². The van der Waals surface area contributed by atoms with Crippen LogP contribution in [0, 0.1) is 23.0 Å². The monoisotopic (exact) mass is 329 g/mol. The summed E-state index contributed by atoms with van der Waals surface area (Å²) < 4.78 is 27.0. The molecule has 3 rings (SSSR count). The largest absolute Gasteiger partial charge is 0.353 e. The van der Waals surface area contributed by atoms with Gasteiger partial charge in [0, 0.05) is 36.0 Å². The number of nitrogens with zero attached hydrogens (tertiary/aromatic N) is 4. The third-order valence-electron chi connectivity index (χ3n) is 4.28. The first kappa shape index (κ1) is 16.3. The highest BCUT2D eigenvalue weighted by Gasteiger charge is 2.21. The summed E-state index contributed by atoms with van der Waals surface area (Å²) >= 11 is 0. The minimum atomic E-state index is -0.747. The van der Waals surface area contributed by atoms with Crippen molar-refractivity contribution in [2.45, 2.75) is 18.9 Å². The molecule has 0 saturated carbocycles. The molecule has 0 radical (unpaired) electrons. The number of halogens is 2. The number of hydrogen-bond donors (Lipinski definition) is 1. The van der Waals surface area contributed by atoms with Crippen molar-refractivity contribution in [2.24, 2.45) is 0 Å². The molecule has 1 saturated heterocycles. The molecule has 2 heterocycles. The van der Waals surface area contributed by atoms with Gasteiger partial charge in [0.1, 0.15) is 17.7 Å². The van der Waals surface area contributed by atoms with Crippen molar-refractivity contribution >= 4 is 5.95 Å². The maximum atomic E-state index is 13.9. The van der Waals surface area contributed by atoms with Crippen LogP contribution in [-0.2, 0) is 0 Å². The second-order valence-electron chi connectivity index (χ2n) is 5.85. The maximum absolute atomic E-state index is 13.9. The van der Waals surface area contributed by atoms with Crippen LogP contribution in [0.5, 0.6) is 0 Å². The summed E-state index contributed by atoms with van der Waals surface area (Å²) in [6.07, 6.45) is 3.66. The lowest BCUT2D eigenvalue weighted by Crippen LogP contribution is -2.32. The maximum Gasteiger partial charge on any atom is 0.223 e. The second-order valence-corrected chi connectivity index (χ2v) is 5.85. The summed E-state index contributed by atoms with van der Waals surface area (Å²) in [6, 6.07) is 5.56. The van der Waals surface area contributed by atoms with Crippen molar-refractivity contribution in [3.05, 3.63) is 41.7 Å². The molecule has 1 aliphatic heterocycles. The van der Waals surface area contributed by atoms with Crippen molar-refractivity contribution in [3.63, 3.8) is 0 Å². The van der Waals surface area contributed by atoms with E-state index in [4.69, 9.17) is 0 Å². The van der Waals surface area contributed by atoms with Gasteiger partial charge < -0.3 is 10.2 Å². The van der Waals surface area contributed by atoms with Gasteiger partial charge in [-0.05, 0) is 38.6 Å². The van der Waals surface area contributed by atoms with Crippen molar-refractivity contribution in [1.82, 2.24) is 14.9 Å². The molecule has 0 bridgehead atoms. The molecule has 1 atom stereocenters. The highest BCUT2D eigenvalue weighted by atomic mass is 19.1. The average Bonchev–Trinajstić information content (AvgIpc) is 2.98. The van der Waals surface area contributed by atoms with E-state index >= 15 is 0 Å². The van der Waals surface area contributed by atoms with E-state index in [2.05, 4.69) is 27.2 Å². The fourth-order valence-corrected chi connectivity index (χ4v) is 2.90. The third kappa shape index (κ3) is 3.34. The Bertz CT molecular complexity index is 787. The first-order valence-corrected chi connectivity index (χ1v) is 7.75. The number of likely N-dealkylation sites (tertiary alicyclic amines) is 1. The molecule has 1 N–H and O–H groups in total. The van der Waals surface area contributed by atoms with Crippen molar-refractivity contribution in [1.29, 1.82) is 5.26 Å². The van der Waals surface area contributed by atoms with Gasteiger partial charge >= 0.3 is 0 Å². The molecule has 1 aromatic heterocycles. The smallest absolute Gasteiger partial charge is 0.223 e. The number of nitriles is 1. The molecule has 124 valence electrons. The summed E-state index contributed by atoms with van der Waals surface area (Å²) in [6.45, 7) is 1.76. The van der Waals surface area contributed by atoms with Gasteiger partial charge in [-0.2, -0.15) is 5.26 Å². The molecule has 5 nitrogen and oxygen atoms in total. The van der Waals surface area contributed by atoms with Gasteiger partial charge in [-0.1, -0.05) is 0 Å². The molecule has 24 heavy (non-hydrogen) atoms. The zero-order chi connectivity index (χ0) is 17.1. The fourth-order valence-electron chi connectivity index (χ4n) is 2.90. The number of likely N-dealkylation sites (N-methyl/N-ethyl adjacent to an activating group) is 1. The molecule has 2 aromatic rings. The quantitative estimate of drug-likeness (QED) is 0.934. The SMILES string of the molecule is CN1CCCC1CNc1ncc(-c2ccc(F)cc2F)c(C#N)n1. The van der Waals surface area contributed by atoms with Gasteiger partial charge in [0.2, 0.25) is 5.95 Å². The summed E-state index contributed by atoms with van der Waals surface area (Å²) in [7, 11) is 2.07. The van der Waals surface area contributed by atoms with E-state index in [0.717, 1.165) is 31.5 Å². The number of anilines is 1. The van der Waals surface area contributed by atoms with Crippen molar-refractivity contribution in [2.75, 3.05) is 25.5 Å². The predicted molar refractivity (Wildman–Crippen MR) is 86.2 cm³/mol. The van der Waals surface area contributed by atoms with Crippen LogP contribution in [0.1, 0.15) is 18.5 Å². The van der Waals surface area contributed by atoms with Gasteiger partial charge in [-0.25, -0.2) is 18.7 Å². The zero-order valence-electron chi connectivity index (χ0n) is 13.3. The molecule has 1 fully saturated rings. The van der Waals surface area contributed by atoms with E-state index in [1.807, 2.05) is 6.07 Å². The first-order chi connectivity index (χ1) is 11.6. The predicted octanol–water partition coefficient (Wildman–Crippen LogP) is 2.80. The third-order valence-corrected chi connectivity index (χ3v) is 4.28. The van der Waals surface area contributed by atoms with Crippen molar-refractivity contribution in [3.8, 4) is 17.2 Å². The Balaban J connectivity index is 1.82.